The minimum absolute atomic E-state index is 0.686. The van der Waals surface area contributed by atoms with Crippen molar-refractivity contribution in [3.63, 3.8) is 0 Å². The molecule has 0 unspecified atom stereocenters. The lowest BCUT2D eigenvalue weighted by molar-refractivity contribution is 0.341. The number of aryl methyl sites for hydroxylation is 1. The first-order valence-electron chi connectivity index (χ1n) is 8.15. The Bertz CT molecular complexity index is 553. The molecular weight excluding hydrogens is 254 g/mol. The van der Waals surface area contributed by atoms with Crippen molar-refractivity contribution >= 4 is 0 Å². The first-order chi connectivity index (χ1) is 10.3. The van der Waals surface area contributed by atoms with Crippen LogP contribution in [0.2, 0.25) is 0 Å². The normalized spacial score (nSPS) is 22.1. The Balaban J connectivity index is 1.48. The molecule has 1 saturated carbocycles. The third-order valence-electron chi connectivity index (χ3n) is 4.68. The molecule has 2 aromatic carbocycles. The topological polar surface area (TPSA) is 12.0 Å². The SMILES string of the molecule is Cc1cccc(CNC2CCC(c3ccccc3)CC2)c1. The van der Waals surface area contributed by atoms with E-state index in [2.05, 4.69) is 66.8 Å². The molecule has 0 bridgehead atoms. The summed E-state index contributed by atoms with van der Waals surface area (Å²) < 4.78 is 0. The van der Waals surface area contributed by atoms with Gasteiger partial charge in [-0.1, -0.05) is 60.2 Å². The Kier molecular flexibility index (Phi) is 4.72. The third kappa shape index (κ3) is 3.95. The number of nitrogens with one attached hydrogen (secondary N) is 1. The van der Waals surface area contributed by atoms with E-state index in [1.165, 1.54) is 42.4 Å². The highest BCUT2D eigenvalue weighted by molar-refractivity contribution is 5.22. The van der Waals surface area contributed by atoms with E-state index in [-0.39, 0.29) is 0 Å². The van der Waals surface area contributed by atoms with E-state index < -0.39 is 0 Å². The molecule has 0 atom stereocenters. The summed E-state index contributed by atoms with van der Waals surface area (Å²) in [6.45, 7) is 3.16. The first-order valence-corrected chi connectivity index (χ1v) is 8.15. The van der Waals surface area contributed by atoms with Crippen molar-refractivity contribution in [3.05, 3.63) is 71.3 Å². The predicted molar refractivity (Wildman–Crippen MR) is 89.5 cm³/mol. The van der Waals surface area contributed by atoms with Crippen LogP contribution in [0.1, 0.15) is 48.3 Å². The van der Waals surface area contributed by atoms with Gasteiger partial charge in [-0.05, 0) is 49.7 Å². The van der Waals surface area contributed by atoms with Gasteiger partial charge in [-0.2, -0.15) is 0 Å². The summed E-state index contributed by atoms with van der Waals surface area (Å²) in [4.78, 5) is 0. The fourth-order valence-electron chi connectivity index (χ4n) is 3.44. The Hall–Kier alpha value is -1.60. The van der Waals surface area contributed by atoms with Crippen molar-refractivity contribution in [3.8, 4) is 0 Å². The Labute approximate surface area is 128 Å². The van der Waals surface area contributed by atoms with E-state index in [1.807, 2.05) is 0 Å². The van der Waals surface area contributed by atoms with E-state index in [0.717, 1.165) is 12.5 Å². The number of benzene rings is 2. The second-order valence-electron chi connectivity index (χ2n) is 6.33. The smallest absolute Gasteiger partial charge is 0.0208 e. The van der Waals surface area contributed by atoms with Gasteiger partial charge in [0, 0.05) is 12.6 Å². The molecule has 3 rings (SSSR count). The lowest BCUT2D eigenvalue weighted by Gasteiger charge is -2.29. The van der Waals surface area contributed by atoms with E-state index in [4.69, 9.17) is 0 Å². The van der Waals surface area contributed by atoms with Crippen LogP contribution in [0.15, 0.2) is 54.6 Å². The second-order valence-corrected chi connectivity index (χ2v) is 6.33. The predicted octanol–water partition coefficient (Wildman–Crippen LogP) is 4.81. The molecule has 1 heteroatoms. The van der Waals surface area contributed by atoms with Gasteiger partial charge in [0.1, 0.15) is 0 Å². The zero-order valence-electron chi connectivity index (χ0n) is 12.9. The average Bonchev–Trinajstić information content (AvgIpc) is 2.54. The summed E-state index contributed by atoms with van der Waals surface area (Å²) >= 11 is 0. The molecule has 2 aromatic rings. The van der Waals surface area contributed by atoms with Crippen LogP contribution >= 0.6 is 0 Å². The average molecular weight is 279 g/mol. The minimum Gasteiger partial charge on any atom is -0.310 e. The highest BCUT2D eigenvalue weighted by atomic mass is 14.9. The van der Waals surface area contributed by atoms with Crippen LogP contribution in [0, 0.1) is 6.92 Å². The fourth-order valence-corrected chi connectivity index (χ4v) is 3.44. The van der Waals surface area contributed by atoms with Gasteiger partial charge in [-0.3, -0.25) is 0 Å². The zero-order chi connectivity index (χ0) is 14.5. The molecule has 0 aliphatic heterocycles. The zero-order valence-corrected chi connectivity index (χ0v) is 12.9. The molecule has 110 valence electrons. The maximum absolute atomic E-state index is 3.74. The first kappa shape index (κ1) is 14.3. The van der Waals surface area contributed by atoms with Gasteiger partial charge >= 0.3 is 0 Å². The van der Waals surface area contributed by atoms with Crippen molar-refractivity contribution in [1.29, 1.82) is 0 Å². The monoisotopic (exact) mass is 279 g/mol. The van der Waals surface area contributed by atoms with Gasteiger partial charge in [0.05, 0.1) is 0 Å². The minimum atomic E-state index is 0.686. The quantitative estimate of drug-likeness (QED) is 0.846. The molecule has 1 aliphatic rings. The summed E-state index contributed by atoms with van der Waals surface area (Å²) in [5.74, 6) is 0.767. The van der Waals surface area contributed by atoms with Gasteiger partial charge in [-0.15, -0.1) is 0 Å². The lowest BCUT2D eigenvalue weighted by atomic mass is 9.82. The van der Waals surface area contributed by atoms with Crippen LogP contribution in [0.25, 0.3) is 0 Å². The van der Waals surface area contributed by atoms with E-state index in [9.17, 15) is 0 Å². The molecule has 1 nitrogen and oxygen atoms in total. The van der Waals surface area contributed by atoms with E-state index in [1.54, 1.807) is 0 Å². The Morgan fingerprint density at radius 1 is 0.905 bits per heavy atom. The molecule has 0 radical (unpaired) electrons. The maximum Gasteiger partial charge on any atom is 0.0208 e. The van der Waals surface area contributed by atoms with Crippen molar-refractivity contribution in [2.75, 3.05) is 0 Å². The van der Waals surface area contributed by atoms with Crippen molar-refractivity contribution in [2.24, 2.45) is 0 Å². The molecule has 1 N–H and O–H groups in total. The molecule has 21 heavy (non-hydrogen) atoms. The van der Waals surface area contributed by atoms with Gasteiger partial charge in [0.15, 0.2) is 0 Å². The van der Waals surface area contributed by atoms with Crippen LogP contribution < -0.4 is 5.32 Å². The van der Waals surface area contributed by atoms with Crippen LogP contribution in [-0.4, -0.2) is 6.04 Å². The molecule has 0 amide bonds. The molecule has 0 aromatic heterocycles. The molecule has 1 aliphatic carbocycles. The molecule has 0 saturated heterocycles. The van der Waals surface area contributed by atoms with Gasteiger partial charge < -0.3 is 5.32 Å². The Morgan fingerprint density at radius 2 is 1.67 bits per heavy atom. The summed E-state index contributed by atoms with van der Waals surface area (Å²) in [5, 5.41) is 3.74. The molecular formula is C20H25N. The van der Waals surface area contributed by atoms with Gasteiger partial charge in [-0.25, -0.2) is 0 Å². The van der Waals surface area contributed by atoms with Crippen molar-refractivity contribution in [1.82, 2.24) is 5.32 Å². The number of hydrogen-bond acceptors (Lipinski definition) is 1. The standard InChI is InChI=1S/C20H25N/c1-16-6-5-7-17(14-16)15-21-20-12-10-19(11-13-20)18-8-3-2-4-9-18/h2-9,14,19-21H,10-13,15H2,1H3. The van der Waals surface area contributed by atoms with Crippen LogP contribution in [-0.2, 0) is 6.54 Å². The second kappa shape index (κ2) is 6.91. The van der Waals surface area contributed by atoms with Crippen LogP contribution in [0.5, 0.6) is 0 Å². The highest BCUT2D eigenvalue weighted by Gasteiger charge is 2.21. The van der Waals surface area contributed by atoms with Crippen molar-refractivity contribution < 1.29 is 0 Å². The summed E-state index contributed by atoms with van der Waals surface area (Å²) in [6.07, 6.45) is 5.22. The van der Waals surface area contributed by atoms with Gasteiger partial charge in [0.2, 0.25) is 0 Å². The largest absolute Gasteiger partial charge is 0.310 e. The van der Waals surface area contributed by atoms with E-state index >= 15 is 0 Å². The number of hydrogen-bond donors (Lipinski definition) is 1. The fraction of sp³-hybridized carbons (Fsp3) is 0.400. The molecule has 0 heterocycles. The van der Waals surface area contributed by atoms with Crippen LogP contribution in [0.4, 0.5) is 0 Å². The van der Waals surface area contributed by atoms with Crippen molar-refractivity contribution in [2.45, 2.75) is 51.1 Å². The number of rotatable bonds is 4. The highest BCUT2D eigenvalue weighted by Crippen LogP contribution is 2.32. The molecule has 0 spiro atoms. The van der Waals surface area contributed by atoms with E-state index in [0.29, 0.717) is 6.04 Å². The maximum atomic E-state index is 3.74. The summed E-state index contributed by atoms with van der Waals surface area (Å²) in [6, 6.07) is 20.5. The summed E-state index contributed by atoms with van der Waals surface area (Å²) in [5.41, 5.74) is 4.27. The Morgan fingerprint density at radius 3 is 2.38 bits per heavy atom. The summed E-state index contributed by atoms with van der Waals surface area (Å²) in [7, 11) is 0. The van der Waals surface area contributed by atoms with Crippen LogP contribution in [0.3, 0.4) is 0 Å². The van der Waals surface area contributed by atoms with Gasteiger partial charge in [0.25, 0.3) is 0 Å². The third-order valence-corrected chi connectivity index (χ3v) is 4.68. The molecule has 1 fully saturated rings. The lowest BCUT2D eigenvalue weighted by Crippen LogP contribution is -2.32.